The first-order valence-electron chi connectivity index (χ1n) is 10.7. The van der Waals surface area contributed by atoms with E-state index in [2.05, 4.69) is 26.5 Å². The smallest absolute Gasteiger partial charge is 0.281 e. The van der Waals surface area contributed by atoms with Crippen LogP contribution in [0.15, 0.2) is 70.2 Å². The van der Waals surface area contributed by atoms with Crippen molar-refractivity contribution in [1.29, 1.82) is 0 Å². The van der Waals surface area contributed by atoms with E-state index in [-0.39, 0.29) is 18.1 Å². The summed E-state index contributed by atoms with van der Waals surface area (Å²) in [6, 6.07) is 15.5. The van der Waals surface area contributed by atoms with Crippen LogP contribution in [0, 0.1) is 15.9 Å². The highest BCUT2D eigenvalue weighted by Gasteiger charge is 2.14. The Morgan fingerprint density at radius 3 is 2.67 bits per heavy atom. The molecule has 0 aliphatic carbocycles. The van der Waals surface area contributed by atoms with Crippen LogP contribution in [0.1, 0.15) is 27.7 Å². The molecule has 4 aromatic rings. The average Bonchev–Trinajstić information content (AvgIpc) is 3.28. The third-order valence-electron chi connectivity index (χ3n) is 4.94. The number of carbonyl (C=O) groups is 1. The van der Waals surface area contributed by atoms with Crippen molar-refractivity contribution in [3.63, 3.8) is 0 Å². The number of nitrogens with zero attached hydrogens (tertiary/aromatic N) is 2. The van der Waals surface area contributed by atoms with Crippen molar-refractivity contribution >= 4 is 55.2 Å². The third kappa shape index (κ3) is 6.04. The topological polar surface area (TPSA) is 103 Å². The second-order valence-electron chi connectivity index (χ2n) is 7.47. The predicted molar refractivity (Wildman–Crippen MR) is 140 cm³/mol. The Balaban J connectivity index is 1.46. The number of hydrogen-bond donors (Lipinski definition) is 1. The molecule has 1 amide bonds. The van der Waals surface area contributed by atoms with Gasteiger partial charge in [0.05, 0.1) is 27.1 Å². The molecule has 11 heteroatoms. The first-order valence-corrected chi connectivity index (χ1v) is 12.3. The molecule has 0 unspecified atom stereocenters. The first kappa shape index (κ1) is 25.3. The van der Waals surface area contributed by atoms with Crippen LogP contribution in [0.2, 0.25) is 0 Å². The number of non-ortho nitro benzene ring substituents is 1. The van der Waals surface area contributed by atoms with Crippen LogP contribution in [0.5, 0.6) is 11.5 Å². The summed E-state index contributed by atoms with van der Waals surface area (Å²) in [5, 5.41) is 15.6. The fraction of sp³-hybridized carbons (Fsp3) is 0.120. The minimum atomic E-state index is -0.477. The summed E-state index contributed by atoms with van der Waals surface area (Å²) in [7, 11) is 0. The summed E-state index contributed by atoms with van der Waals surface area (Å²) in [6.07, 6.45) is 1.47. The highest BCUT2D eigenvalue weighted by atomic mass is 79.9. The van der Waals surface area contributed by atoms with Gasteiger partial charge >= 0.3 is 0 Å². The van der Waals surface area contributed by atoms with E-state index in [0.717, 1.165) is 10.3 Å². The van der Waals surface area contributed by atoms with Crippen molar-refractivity contribution in [1.82, 2.24) is 5.43 Å². The predicted octanol–water partition coefficient (Wildman–Crippen LogP) is 6.45. The Morgan fingerprint density at radius 1 is 1.17 bits per heavy atom. The molecule has 1 aromatic heterocycles. The highest BCUT2D eigenvalue weighted by Crippen LogP contribution is 2.37. The molecule has 0 fully saturated rings. The lowest BCUT2D eigenvalue weighted by molar-refractivity contribution is -0.384. The second-order valence-corrected chi connectivity index (χ2v) is 9.41. The number of halogens is 2. The number of ether oxygens (including phenoxy) is 2. The van der Waals surface area contributed by atoms with Gasteiger partial charge in [0.25, 0.3) is 11.6 Å². The van der Waals surface area contributed by atoms with Gasteiger partial charge in [0.2, 0.25) is 0 Å². The van der Waals surface area contributed by atoms with Crippen molar-refractivity contribution in [3.05, 3.63) is 97.1 Å². The summed E-state index contributed by atoms with van der Waals surface area (Å²) in [5.41, 5.74) is 3.88. The minimum absolute atomic E-state index is 0.0361. The molecule has 0 aliphatic rings. The number of nitro benzene ring substituents is 1. The van der Waals surface area contributed by atoms with E-state index in [1.165, 1.54) is 41.8 Å². The van der Waals surface area contributed by atoms with Crippen molar-refractivity contribution in [2.24, 2.45) is 5.10 Å². The van der Waals surface area contributed by atoms with Crippen molar-refractivity contribution in [2.45, 2.75) is 13.5 Å². The minimum Gasteiger partial charge on any atom is -0.490 e. The summed E-state index contributed by atoms with van der Waals surface area (Å²) in [5.74, 6) is 0.218. The van der Waals surface area contributed by atoms with Crippen LogP contribution in [-0.2, 0) is 6.61 Å². The maximum absolute atomic E-state index is 13.1. The van der Waals surface area contributed by atoms with Crippen molar-refractivity contribution in [3.8, 4) is 11.5 Å². The Labute approximate surface area is 217 Å². The molecule has 1 heterocycles. The second kappa shape index (κ2) is 11.3. The molecule has 0 radical (unpaired) electrons. The number of carbonyl (C=O) groups excluding carboxylic acids is 1. The first-order chi connectivity index (χ1) is 17.3. The van der Waals surface area contributed by atoms with Crippen LogP contribution >= 0.6 is 27.3 Å². The lowest BCUT2D eigenvalue weighted by Crippen LogP contribution is -2.16. The van der Waals surface area contributed by atoms with Gasteiger partial charge in [-0.2, -0.15) is 5.10 Å². The average molecular weight is 572 g/mol. The van der Waals surface area contributed by atoms with Gasteiger partial charge in [0.1, 0.15) is 12.4 Å². The number of nitro groups is 1. The van der Waals surface area contributed by atoms with Crippen LogP contribution in [0.25, 0.3) is 10.1 Å². The van der Waals surface area contributed by atoms with Crippen LogP contribution in [0.3, 0.4) is 0 Å². The lowest BCUT2D eigenvalue weighted by atomic mass is 10.2. The third-order valence-corrected chi connectivity index (χ3v) is 6.65. The van der Waals surface area contributed by atoms with E-state index < -0.39 is 10.8 Å². The maximum Gasteiger partial charge on any atom is 0.281 e. The summed E-state index contributed by atoms with van der Waals surface area (Å²) >= 11 is 4.70. The molecular formula is C25H19BrFN3O5S. The quantitative estimate of drug-likeness (QED) is 0.141. The molecule has 0 saturated heterocycles. The number of fused-ring (bicyclic) bond motifs is 1. The Bertz CT molecular complexity index is 1460. The van der Waals surface area contributed by atoms with Crippen LogP contribution in [-0.4, -0.2) is 23.7 Å². The molecule has 36 heavy (non-hydrogen) atoms. The Hall–Kier alpha value is -3.83. The van der Waals surface area contributed by atoms with Gasteiger partial charge in [-0.15, -0.1) is 11.3 Å². The Morgan fingerprint density at radius 2 is 1.94 bits per heavy atom. The van der Waals surface area contributed by atoms with E-state index in [1.807, 2.05) is 6.92 Å². The molecule has 0 bridgehead atoms. The monoisotopic (exact) mass is 571 g/mol. The number of hydrogen-bond acceptors (Lipinski definition) is 7. The van der Waals surface area contributed by atoms with Crippen molar-refractivity contribution < 1.29 is 23.6 Å². The van der Waals surface area contributed by atoms with E-state index in [4.69, 9.17) is 9.47 Å². The molecular weight excluding hydrogens is 553 g/mol. The summed E-state index contributed by atoms with van der Waals surface area (Å²) < 4.78 is 26.1. The molecule has 3 aromatic carbocycles. The van der Waals surface area contributed by atoms with E-state index in [0.29, 0.717) is 38.4 Å². The number of benzene rings is 3. The lowest BCUT2D eigenvalue weighted by Gasteiger charge is -2.14. The van der Waals surface area contributed by atoms with Crippen LogP contribution < -0.4 is 14.9 Å². The molecule has 184 valence electrons. The van der Waals surface area contributed by atoms with E-state index in [1.54, 1.807) is 36.4 Å². The molecule has 0 aliphatic heterocycles. The number of nitrogens with one attached hydrogen (secondary N) is 1. The number of amides is 1. The molecule has 8 nitrogen and oxygen atoms in total. The molecule has 4 rings (SSSR count). The molecule has 1 N–H and O–H groups in total. The van der Waals surface area contributed by atoms with Crippen LogP contribution in [0.4, 0.5) is 10.1 Å². The number of thiophene rings is 1. The zero-order valence-electron chi connectivity index (χ0n) is 18.9. The maximum atomic E-state index is 13.1. The van der Waals surface area contributed by atoms with Gasteiger partial charge < -0.3 is 9.47 Å². The van der Waals surface area contributed by atoms with E-state index in [9.17, 15) is 19.3 Å². The van der Waals surface area contributed by atoms with Gasteiger partial charge in [-0.1, -0.05) is 12.1 Å². The standard InChI is InChI=1S/C25H19BrFN3O5S/c1-2-34-21-10-16(9-20(26)24(21)35-14-15-3-5-18(27)6-4-15)13-28-29-25(31)23-12-17-11-19(30(32)33)7-8-22(17)36-23/h3-13H,2,14H2,1H3,(H,29,31)/b28-13-. The van der Waals surface area contributed by atoms with Gasteiger partial charge in [-0.25, -0.2) is 9.82 Å². The zero-order chi connectivity index (χ0) is 25.7. The zero-order valence-corrected chi connectivity index (χ0v) is 21.3. The summed E-state index contributed by atoms with van der Waals surface area (Å²) in [4.78, 5) is 23.4. The molecule has 0 spiro atoms. The summed E-state index contributed by atoms with van der Waals surface area (Å²) in [6.45, 7) is 2.47. The van der Waals surface area contributed by atoms with Gasteiger partial charge in [-0.3, -0.25) is 14.9 Å². The fourth-order valence-corrected chi connectivity index (χ4v) is 4.79. The largest absolute Gasteiger partial charge is 0.490 e. The van der Waals surface area contributed by atoms with Gasteiger partial charge in [-0.05, 0) is 70.4 Å². The van der Waals surface area contributed by atoms with E-state index >= 15 is 0 Å². The SMILES string of the molecule is CCOc1cc(/C=N\NC(=O)c2cc3cc([N+](=O)[O-])ccc3s2)cc(Br)c1OCc1ccc(F)cc1. The highest BCUT2D eigenvalue weighted by molar-refractivity contribution is 9.10. The molecule has 0 saturated carbocycles. The normalized spacial score (nSPS) is 11.1. The molecule has 0 atom stereocenters. The Kier molecular flexibility index (Phi) is 7.91. The van der Waals surface area contributed by atoms with Gasteiger partial charge in [0, 0.05) is 22.2 Å². The fourth-order valence-electron chi connectivity index (χ4n) is 3.28. The number of rotatable bonds is 9. The number of hydrazone groups is 1. The van der Waals surface area contributed by atoms with Crippen molar-refractivity contribution in [2.75, 3.05) is 6.61 Å². The van der Waals surface area contributed by atoms with Gasteiger partial charge in [0.15, 0.2) is 11.5 Å².